The van der Waals surface area contributed by atoms with Crippen LogP contribution >= 0.6 is 0 Å². The molecule has 0 spiro atoms. The maximum absolute atomic E-state index is 15.0. The number of aryl methyl sites for hydroxylation is 4. The lowest BCUT2D eigenvalue weighted by Gasteiger charge is -2.29. The van der Waals surface area contributed by atoms with Gasteiger partial charge in [0.1, 0.15) is 17.0 Å². The van der Waals surface area contributed by atoms with Crippen molar-refractivity contribution in [2.45, 2.75) is 45.6 Å². The van der Waals surface area contributed by atoms with Crippen LogP contribution in [0.1, 0.15) is 53.1 Å². The number of rotatable bonds is 3. The molecule has 0 bridgehead atoms. The lowest BCUT2D eigenvalue weighted by atomic mass is 9.89. The Bertz CT molecular complexity index is 1320. The Morgan fingerprint density at radius 2 is 1.88 bits per heavy atom. The van der Waals surface area contributed by atoms with E-state index in [0.29, 0.717) is 23.4 Å². The summed E-state index contributed by atoms with van der Waals surface area (Å²) >= 11 is 0. The number of ether oxygens (including phenoxy) is 1. The molecule has 0 saturated carbocycles. The van der Waals surface area contributed by atoms with Crippen LogP contribution in [-0.2, 0) is 11.8 Å². The summed E-state index contributed by atoms with van der Waals surface area (Å²) in [6, 6.07) is 7.24. The van der Waals surface area contributed by atoms with Crippen molar-refractivity contribution in [2.75, 3.05) is 6.61 Å². The predicted molar refractivity (Wildman–Crippen MR) is 121 cm³/mol. The Kier molecular flexibility index (Phi) is 5.21. The molecule has 4 heterocycles. The summed E-state index contributed by atoms with van der Waals surface area (Å²) in [6.07, 6.45) is 5.45. The van der Waals surface area contributed by atoms with E-state index in [1.165, 1.54) is 6.07 Å². The second kappa shape index (κ2) is 8.06. The summed E-state index contributed by atoms with van der Waals surface area (Å²) < 4.78 is 22.8. The zero-order valence-corrected chi connectivity index (χ0v) is 18.8. The predicted octanol–water partition coefficient (Wildman–Crippen LogP) is 5.12. The molecule has 2 atom stereocenters. The molecule has 0 unspecified atom stereocenters. The SMILES string of the molecule is Cc1ccc(-c2nc([C@H]3CCO[C@H](c4cnn(C)c4)C3)cc3nc(C)c(C)nc23)c(F)c1. The van der Waals surface area contributed by atoms with E-state index in [1.54, 1.807) is 10.7 Å². The second-order valence-corrected chi connectivity index (χ2v) is 8.67. The van der Waals surface area contributed by atoms with Crippen molar-refractivity contribution in [2.24, 2.45) is 7.05 Å². The van der Waals surface area contributed by atoms with Gasteiger partial charge in [-0.15, -0.1) is 0 Å². The molecule has 0 aliphatic carbocycles. The molecule has 7 heteroatoms. The van der Waals surface area contributed by atoms with Crippen molar-refractivity contribution >= 4 is 11.0 Å². The monoisotopic (exact) mass is 431 g/mol. The van der Waals surface area contributed by atoms with Crippen LogP contribution in [0.15, 0.2) is 36.7 Å². The number of halogens is 1. The minimum absolute atomic E-state index is 0.0367. The molecule has 1 aliphatic rings. The fourth-order valence-corrected chi connectivity index (χ4v) is 4.36. The molecule has 5 rings (SSSR count). The van der Waals surface area contributed by atoms with Crippen LogP contribution in [0.3, 0.4) is 0 Å². The van der Waals surface area contributed by atoms with Gasteiger partial charge in [0.25, 0.3) is 0 Å². The first kappa shape index (κ1) is 20.7. The summed E-state index contributed by atoms with van der Waals surface area (Å²) in [5.41, 5.74) is 6.91. The first-order valence-corrected chi connectivity index (χ1v) is 10.9. The number of pyridine rings is 1. The van der Waals surface area contributed by atoms with Gasteiger partial charge in [0, 0.05) is 42.6 Å². The van der Waals surface area contributed by atoms with E-state index in [9.17, 15) is 4.39 Å². The number of hydrogen-bond acceptors (Lipinski definition) is 5. The third kappa shape index (κ3) is 3.77. The van der Waals surface area contributed by atoms with Crippen molar-refractivity contribution in [1.82, 2.24) is 24.7 Å². The number of fused-ring (bicyclic) bond motifs is 1. The van der Waals surface area contributed by atoms with Gasteiger partial charge in [0.05, 0.1) is 29.2 Å². The van der Waals surface area contributed by atoms with E-state index >= 15 is 0 Å². The summed E-state index contributed by atoms with van der Waals surface area (Å²) in [6.45, 7) is 6.38. The molecule has 32 heavy (non-hydrogen) atoms. The van der Waals surface area contributed by atoms with Gasteiger partial charge in [-0.25, -0.2) is 19.3 Å². The maximum atomic E-state index is 15.0. The van der Waals surface area contributed by atoms with Gasteiger partial charge < -0.3 is 4.74 Å². The Labute approximate surface area is 186 Å². The lowest BCUT2D eigenvalue weighted by molar-refractivity contribution is 0.00464. The first-order valence-electron chi connectivity index (χ1n) is 10.9. The van der Waals surface area contributed by atoms with Gasteiger partial charge in [-0.2, -0.15) is 5.10 Å². The summed E-state index contributed by atoms with van der Waals surface area (Å²) in [5.74, 6) is -0.120. The molecule has 1 aromatic carbocycles. The smallest absolute Gasteiger partial charge is 0.132 e. The largest absolute Gasteiger partial charge is 0.373 e. The third-order valence-corrected chi connectivity index (χ3v) is 6.26. The van der Waals surface area contributed by atoms with Crippen LogP contribution in [-0.4, -0.2) is 31.3 Å². The Balaban J connectivity index is 1.62. The van der Waals surface area contributed by atoms with Crippen molar-refractivity contribution in [3.8, 4) is 11.3 Å². The van der Waals surface area contributed by atoms with Crippen LogP contribution in [0.5, 0.6) is 0 Å². The molecule has 0 radical (unpaired) electrons. The molecular formula is C25H26FN5O. The van der Waals surface area contributed by atoms with E-state index in [2.05, 4.69) is 5.10 Å². The minimum Gasteiger partial charge on any atom is -0.373 e. The van der Waals surface area contributed by atoms with Gasteiger partial charge >= 0.3 is 0 Å². The van der Waals surface area contributed by atoms with E-state index in [0.717, 1.165) is 46.6 Å². The van der Waals surface area contributed by atoms with Crippen LogP contribution < -0.4 is 0 Å². The third-order valence-electron chi connectivity index (χ3n) is 6.26. The molecule has 1 saturated heterocycles. The average molecular weight is 432 g/mol. The molecule has 0 amide bonds. The van der Waals surface area contributed by atoms with Gasteiger partial charge in [-0.3, -0.25) is 4.68 Å². The van der Waals surface area contributed by atoms with Crippen molar-refractivity contribution < 1.29 is 9.13 Å². The summed E-state index contributed by atoms with van der Waals surface area (Å²) in [7, 11) is 1.90. The van der Waals surface area contributed by atoms with Crippen LogP contribution in [0.25, 0.3) is 22.3 Å². The molecule has 4 aromatic rings. The van der Waals surface area contributed by atoms with Crippen molar-refractivity contribution in [1.29, 1.82) is 0 Å². The first-order chi connectivity index (χ1) is 15.4. The summed E-state index contributed by atoms with van der Waals surface area (Å²) in [4.78, 5) is 14.5. The topological polar surface area (TPSA) is 65.7 Å². The normalized spacial score (nSPS) is 18.9. The number of benzene rings is 1. The zero-order valence-electron chi connectivity index (χ0n) is 18.8. The molecule has 1 fully saturated rings. The highest BCUT2D eigenvalue weighted by molar-refractivity contribution is 5.89. The minimum atomic E-state index is -0.295. The van der Waals surface area contributed by atoms with Crippen LogP contribution in [0.2, 0.25) is 0 Å². The van der Waals surface area contributed by atoms with Crippen molar-refractivity contribution in [3.05, 3.63) is 70.7 Å². The highest BCUT2D eigenvalue weighted by Crippen LogP contribution is 2.39. The summed E-state index contributed by atoms with van der Waals surface area (Å²) in [5, 5.41) is 4.28. The quantitative estimate of drug-likeness (QED) is 0.450. The van der Waals surface area contributed by atoms with Gasteiger partial charge in [0.2, 0.25) is 0 Å². The van der Waals surface area contributed by atoms with E-state index in [4.69, 9.17) is 19.7 Å². The number of aromatic nitrogens is 5. The standard InChI is InChI=1S/C25H26FN5O/c1-14-5-6-19(20(26)9-14)24-25-22(28-15(2)16(3)29-25)11-21(30-24)17-7-8-32-23(10-17)18-12-27-31(4)13-18/h5-6,9,11-13,17,23H,7-8,10H2,1-4H3/t17-,23-/m0/s1. The fraction of sp³-hybridized carbons (Fsp3) is 0.360. The number of hydrogen-bond donors (Lipinski definition) is 0. The highest BCUT2D eigenvalue weighted by Gasteiger charge is 2.28. The van der Waals surface area contributed by atoms with Crippen molar-refractivity contribution in [3.63, 3.8) is 0 Å². The second-order valence-electron chi connectivity index (χ2n) is 8.67. The zero-order chi connectivity index (χ0) is 22.4. The molecular weight excluding hydrogens is 405 g/mol. The number of nitrogens with zero attached hydrogens (tertiary/aromatic N) is 5. The Morgan fingerprint density at radius 3 is 2.62 bits per heavy atom. The van der Waals surface area contributed by atoms with E-state index in [1.807, 2.05) is 52.3 Å². The molecule has 164 valence electrons. The van der Waals surface area contributed by atoms with Gasteiger partial charge in [-0.1, -0.05) is 6.07 Å². The fourth-order valence-electron chi connectivity index (χ4n) is 4.36. The van der Waals surface area contributed by atoms with E-state index < -0.39 is 0 Å². The highest BCUT2D eigenvalue weighted by atomic mass is 19.1. The van der Waals surface area contributed by atoms with Gasteiger partial charge in [-0.05, 0) is 57.4 Å². The molecule has 1 aliphatic heterocycles. The Hall–Kier alpha value is -3.19. The van der Waals surface area contributed by atoms with Crippen LogP contribution in [0.4, 0.5) is 4.39 Å². The van der Waals surface area contributed by atoms with E-state index in [-0.39, 0.29) is 17.8 Å². The van der Waals surface area contributed by atoms with Crippen LogP contribution in [0, 0.1) is 26.6 Å². The molecule has 6 nitrogen and oxygen atoms in total. The average Bonchev–Trinajstić information content (AvgIpc) is 3.21. The maximum Gasteiger partial charge on any atom is 0.132 e. The molecule has 0 N–H and O–H groups in total. The van der Waals surface area contributed by atoms with Gasteiger partial charge in [0.15, 0.2) is 0 Å². The molecule has 3 aromatic heterocycles. The Morgan fingerprint density at radius 1 is 1.06 bits per heavy atom. The lowest BCUT2D eigenvalue weighted by Crippen LogP contribution is -2.19.